The van der Waals surface area contributed by atoms with E-state index in [0.717, 1.165) is 0 Å². The zero-order valence-corrected chi connectivity index (χ0v) is 6.82. The normalized spacial score (nSPS) is 11.2. The first-order valence-electron chi connectivity index (χ1n) is 3.70. The molecule has 0 atom stereocenters. The lowest BCUT2D eigenvalue weighted by atomic mass is 10.1. The molecule has 12 heavy (non-hydrogen) atoms. The molecule has 0 radical (unpaired) electrons. The van der Waals surface area contributed by atoms with Gasteiger partial charge in [0.2, 0.25) is 5.78 Å². The molecule has 2 nitrogen and oxygen atoms in total. The lowest BCUT2D eigenvalue weighted by Gasteiger charge is -1.97. The topological polar surface area (TPSA) is 37.3 Å². The van der Waals surface area contributed by atoms with Gasteiger partial charge in [-0.1, -0.05) is 30.3 Å². The Labute approximate surface area is 71.2 Å². The summed E-state index contributed by atoms with van der Waals surface area (Å²) in [6.07, 6.45) is 1.38. The fraction of sp³-hybridized carbons (Fsp3) is 0.100. The first kappa shape index (κ1) is 8.53. The van der Waals surface area contributed by atoms with Crippen LogP contribution < -0.4 is 0 Å². The largest absolute Gasteiger partial charge is 0.504 e. The molecule has 0 bridgehead atoms. The van der Waals surface area contributed by atoms with Crippen LogP contribution in [0.1, 0.15) is 17.3 Å². The van der Waals surface area contributed by atoms with Gasteiger partial charge in [0, 0.05) is 5.56 Å². The molecule has 0 amide bonds. The second-order valence-corrected chi connectivity index (χ2v) is 2.37. The first-order valence-corrected chi connectivity index (χ1v) is 3.70. The number of hydrogen-bond donors (Lipinski definition) is 1. The van der Waals surface area contributed by atoms with Crippen LogP contribution in [0.25, 0.3) is 0 Å². The van der Waals surface area contributed by atoms with E-state index in [1.54, 1.807) is 31.2 Å². The Balaban J connectivity index is 2.94. The van der Waals surface area contributed by atoms with Gasteiger partial charge in [-0.05, 0) is 13.0 Å². The molecule has 1 aromatic carbocycles. The standard InChI is InChI=1S/C10H10O2/c1-2-9(11)10(12)8-6-4-3-5-7-8/h2-7,11H,1H3/b9-2-. The van der Waals surface area contributed by atoms with E-state index < -0.39 is 0 Å². The molecule has 0 unspecified atom stereocenters. The van der Waals surface area contributed by atoms with Gasteiger partial charge in [-0.25, -0.2) is 0 Å². The smallest absolute Gasteiger partial charge is 0.226 e. The molecule has 62 valence electrons. The van der Waals surface area contributed by atoms with Gasteiger partial charge in [0.15, 0.2) is 5.76 Å². The van der Waals surface area contributed by atoms with Crippen molar-refractivity contribution < 1.29 is 9.90 Å². The molecule has 0 saturated carbocycles. The summed E-state index contributed by atoms with van der Waals surface area (Å²) in [6, 6.07) is 8.68. The van der Waals surface area contributed by atoms with Crippen molar-refractivity contribution in [2.45, 2.75) is 6.92 Å². The van der Waals surface area contributed by atoms with Crippen LogP contribution in [0.2, 0.25) is 0 Å². The Morgan fingerprint density at radius 2 is 1.92 bits per heavy atom. The molecular weight excluding hydrogens is 152 g/mol. The van der Waals surface area contributed by atoms with E-state index in [4.69, 9.17) is 5.11 Å². The van der Waals surface area contributed by atoms with Gasteiger partial charge >= 0.3 is 0 Å². The zero-order chi connectivity index (χ0) is 8.97. The van der Waals surface area contributed by atoms with Crippen molar-refractivity contribution in [1.82, 2.24) is 0 Å². The number of Topliss-reactive ketones (excluding diaryl/α,β-unsaturated/α-hetero) is 1. The summed E-state index contributed by atoms with van der Waals surface area (Å²) in [7, 11) is 0. The van der Waals surface area contributed by atoms with E-state index in [-0.39, 0.29) is 11.5 Å². The Hall–Kier alpha value is -1.57. The number of rotatable bonds is 2. The number of allylic oxidation sites excluding steroid dienone is 2. The summed E-state index contributed by atoms with van der Waals surface area (Å²) in [5, 5.41) is 9.09. The highest BCUT2D eigenvalue weighted by atomic mass is 16.3. The van der Waals surface area contributed by atoms with Crippen molar-refractivity contribution in [2.75, 3.05) is 0 Å². The second-order valence-electron chi connectivity index (χ2n) is 2.37. The molecule has 0 aliphatic heterocycles. The third-order valence-corrected chi connectivity index (χ3v) is 1.54. The van der Waals surface area contributed by atoms with Crippen LogP contribution in [-0.2, 0) is 0 Å². The van der Waals surface area contributed by atoms with Gasteiger partial charge in [-0.15, -0.1) is 0 Å². The van der Waals surface area contributed by atoms with E-state index >= 15 is 0 Å². The lowest BCUT2D eigenvalue weighted by molar-refractivity contribution is 0.0977. The lowest BCUT2D eigenvalue weighted by Crippen LogP contribution is -2.01. The molecule has 1 aromatic rings. The van der Waals surface area contributed by atoms with Crippen molar-refractivity contribution in [1.29, 1.82) is 0 Å². The van der Waals surface area contributed by atoms with Gasteiger partial charge < -0.3 is 5.11 Å². The van der Waals surface area contributed by atoms with Crippen LogP contribution >= 0.6 is 0 Å². The average Bonchev–Trinajstić information content (AvgIpc) is 2.17. The van der Waals surface area contributed by atoms with Crippen LogP contribution in [0.15, 0.2) is 42.2 Å². The zero-order valence-electron chi connectivity index (χ0n) is 6.82. The summed E-state index contributed by atoms with van der Waals surface area (Å²) in [5.74, 6) is -0.542. The molecule has 0 spiro atoms. The maximum absolute atomic E-state index is 11.3. The average molecular weight is 162 g/mol. The number of carbonyl (C=O) groups excluding carboxylic acids is 1. The number of aliphatic hydroxyl groups is 1. The SMILES string of the molecule is C/C=C(\O)C(=O)c1ccccc1. The molecular formula is C10H10O2. The Morgan fingerprint density at radius 1 is 1.33 bits per heavy atom. The predicted octanol–water partition coefficient (Wildman–Crippen LogP) is 2.33. The van der Waals surface area contributed by atoms with Gasteiger partial charge in [0.05, 0.1) is 0 Å². The maximum Gasteiger partial charge on any atom is 0.226 e. The Kier molecular flexibility index (Phi) is 2.64. The summed E-state index contributed by atoms with van der Waals surface area (Å²) in [6.45, 7) is 1.62. The highest BCUT2D eigenvalue weighted by Gasteiger charge is 2.07. The molecule has 0 saturated heterocycles. The molecule has 0 aliphatic carbocycles. The molecule has 0 aromatic heterocycles. The van der Waals surface area contributed by atoms with E-state index in [2.05, 4.69) is 0 Å². The Morgan fingerprint density at radius 3 is 2.42 bits per heavy atom. The van der Waals surface area contributed by atoms with Gasteiger partial charge in [0.25, 0.3) is 0 Å². The van der Waals surface area contributed by atoms with E-state index in [0.29, 0.717) is 5.56 Å². The van der Waals surface area contributed by atoms with E-state index in [1.807, 2.05) is 6.07 Å². The van der Waals surface area contributed by atoms with Crippen molar-refractivity contribution in [3.8, 4) is 0 Å². The van der Waals surface area contributed by atoms with Crippen LogP contribution in [0.3, 0.4) is 0 Å². The highest BCUT2D eigenvalue weighted by Crippen LogP contribution is 2.04. The molecule has 0 aliphatic rings. The molecule has 0 heterocycles. The monoisotopic (exact) mass is 162 g/mol. The van der Waals surface area contributed by atoms with Crippen molar-refractivity contribution in [3.05, 3.63) is 47.7 Å². The van der Waals surface area contributed by atoms with Crippen molar-refractivity contribution >= 4 is 5.78 Å². The van der Waals surface area contributed by atoms with Crippen LogP contribution in [-0.4, -0.2) is 10.9 Å². The van der Waals surface area contributed by atoms with Gasteiger partial charge in [-0.3, -0.25) is 4.79 Å². The van der Waals surface area contributed by atoms with Gasteiger partial charge in [0.1, 0.15) is 0 Å². The summed E-state index contributed by atoms with van der Waals surface area (Å²) < 4.78 is 0. The predicted molar refractivity (Wildman–Crippen MR) is 47.2 cm³/mol. The number of aliphatic hydroxyl groups excluding tert-OH is 1. The first-order chi connectivity index (χ1) is 5.75. The van der Waals surface area contributed by atoms with Crippen molar-refractivity contribution in [3.63, 3.8) is 0 Å². The van der Waals surface area contributed by atoms with Gasteiger partial charge in [-0.2, -0.15) is 0 Å². The number of benzene rings is 1. The third kappa shape index (κ3) is 1.72. The summed E-state index contributed by atoms with van der Waals surface area (Å²) in [4.78, 5) is 11.3. The second kappa shape index (κ2) is 3.72. The quantitative estimate of drug-likeness (QED) is 0.411. The highest BCUT2D eigenvalue weighted by molar-refractivity contribution is 6.06. The molecule has 1 rings (SSSR count). The molecule has 0 fully saturated rings. The Bertz CT molecular complexity index is 299. The summed E-state index contributed by atoms with van der Waals surface area (Å²) >= 11 is 0. The van der Waals surface area contributed by atoms with E-state index in [9.17, 15) is 4.79 Å². The number of carbonyl (C=O) groups is 1. The third-order valence-electron chi connectivity index (χ3n) is 1.54. The van der Waals surface area contributed by atoms with Crippen LogP contribution in [0, 0.1) is 0 Å². The number of hydrogen-bond acceptors (Lipinski definition) is 2. The number of ketones is 1. The minimum absolute atomic E-state index is 0.207. The van der Waals surface area contributed by atoms with Crippen LogP contribution in [0.4, 0.5) is 0 Å². The fourth-order valence-electron chi connectivity index (χ4n) is 0.869. The minimum Gasteiger partial charge on any atom is -0.504 e. The molecule has 2 heteroatoms. The van der Waals surface area contributed by atoms with Crippen LogP contribution in [0.5, 0.6) is 0 Å². The van der Waals surface area contributed by atoms with Crippen molar-refractivity contribution in [2.24, 2.45) is 0 Å². The fourth-order valence-corrected chi connectivity index (χ4v) is 0.869. The summed E-state index contributed by atoms with van der Waals surface area (Å²) in [5.41, 5.74) is 0.508. The molecule has 1 N–H and O–H groups in total. The maximum atomic E-state index is 11.3. The van der Waals surface area contributed by atoms with E-state index in [1.165, 1.54) is 6.08 Å². The minimum atomic E-state index is -0.335.